The highest BCUT2D eigenvalue weighted by molar-refractivity contribution is 7.90. The van der Waals surface area contributed by atoms with Crippen molar-refractivity contribution in [3.05, 3.63) is 36.7 Å². The summed E-state index contributed by atoms with van der Waals surface area (Å²) in [5.74, 6) is 0.832. The third-order valence-corrected chi connectivity index (χ3v) is 2.89. The Kier molecular flexibility index (Phi) is 2.56. The number of rotatable bonds is 2. The average molecular weight is 206 g/mol. The second kappa shape index (κ2) is 3.86. The van der Waals surface area contributed by atoms with Gasteiger partial charge in [-0.1, -0.05) is 0 Å². The zero-order valence-corrected chi connectivity index (χ0v) is 8.54. The van der Waals surface area contributed by atoms with Crippen molar-refractivity contribution < 1.29 is 4.55 Å². The van der Waals surface area contributed by atoms with Crippen molar-refractivity contribution in [3.63, 3.8) is 0 Å². The summed E-state index contributed by atoms with van der Waals surface area (Å²) in [7, 11) is 0. The molecule has 3 nitrogen and oxygen atoms in total. The van der Waals surface area contributed by atoms with Crippen LogP contribution in [0.2, 0.25) is 0 Å². The van der Waals surface area contributed by atoms with E-state index in [1.54, 1.807) is 18.6 Å². The molecular formula is C10H10N2OS. The molecule has 0 spiro atoms. The first-order chi connectivity index (χ1) is 6.77. The van der Waals surface area contributed by atoms with Crippen molar-refractivity contribution >= 4 is 11.2 Å². The Morgan fingerprint density at radius 1 is 1.29 bits per heavy atom. The highest BCUT2D eigenvalue weighted by atomic mass is 32.2. The maximum atomic E-state index is 11.1. The van der Waals surface area contributed by atoms with Gasteiger partial charge in [0.2, 0.25) is 0 Å². The first-order valence-corrected chi connectivity index (χ1v) is 5.76. The Morgan fingerprint density at radius 3 is 2.50 bits per heavy atom. The average Bonchev–Trinajstić information content (AvgIpc) is 2.71. The van der Waals surface area contributed by atoms with Crippen LogP contribution in [0.5, 0.6) is 0 Å². The van der Waals surface area contributed by atoms with E-state index in [0.717, 1.165) is 16.3 Å². The maximum Gasteiger partial charge on any atom is 0.152 e. The van der Waals surface area contributed by atoms with Crippen LogP contribution >= 0.6 is 0 Å². The number of aromatic nitrogens is 2. The van der Waals surface area contributed by atoms with Gasteiger partial charge in [-0.05, 0) is 35.4 Å². The van der Waals surface area contributed by atoms with Crippen LogP contribution in [0, 0.1) is 0 Å². The van der Waals surface area contributed by atoms with E-state index in [9.17, 15) is 4.55 Å². The zero-order chi connectivity index (χ0) is 9.97. The molecule has 0 saturated heterocycles. The maximum absolute atomic E-state index is 11.1. The minimum Gasteiger partial charge on any atom is -0.612 e. The molecule has 1 heterocycles. The lowest BCUT2D eigenvalue weighted by Crippen LogP contribution is -1.96. The fourth-order valence-corrected chi connectivity index (χ4v) is 1.75. The molecule has 1 N–H and O–H groups in total. The Balaban J connectivity index is 2.31. The lowest BCUT2D eigenvalue weighted by molar-refractivity contribution is 0.601. The Labute approximate surface area is 85.4 Å². The van der Waals surface area contributed by atoms with Gasteiger partial charge in [0, 0.05) is 18.0 Å². The molecule has 0 aliphatic heterocycles. The first kappa shape index (κ1) is 9.30. The smallest absolute Gasteiger partial charge is 0.152 e. The number of H-pyrrole nitrogens is 1. The summed E-state index contributed by atoms with van der Waals surface area (Å²) < 4.78 is 11.1. The van der Waals surface area contributed by atoms with Crippen LogP contribution < -0.4 is 0 Å². The standard InChI is InChI=1S/C10H10N2OS/c1-14(13)9-4-2-8(3-5-9)10-11-6-7-12-10/h2-7H,1H3,(H,11,12). The van der Waals surface area contributed by atoms with Gasteiger partial charge in [-0.3, -0.25) is 0 Å². The van der Waals surface area contributed by atoms with E-state index < -0.39 is 11.2 Å². The molecule has 72 valence electrons. The molecule has 1 aromatic heterocycles. The minimum absolute atomic E-state index is 0.832. The van der Waals surface area contributed by atoms with Gasteiger partial charge >= 0.3 is 0 Å². The number of hydrogen-bond donors (Lipinski definition) is 1. The summed E-state index contributed by atoms with van der Waals surface area (Å²) in [6.45, 7) is 0. The van der Waals surface area contributed by atoms with Crippen molar-refractivity contribution in [1.82, 2.24) is 9.97 Å². The Morgan fingerprint density at radius 2 is 2.00 bits per heavy atom. The molecule has 0 amide bonds. The number of hydrogen-bond acceptors (Lipinski definition) is 2. The van der Waals surface area contributed by atoms with E-state index >= 15 is 0 Å². The van der Waals surface area contributed by atoms with Gasteiger partial charge in [0.15, 0.2) is 4.90 Å². The number of aromatic amines is 1. The van der Waals surface area contributed by atoms with Crippen molar-refractivity contribution in [2.24, 2.45) is 0 Å². The molecule has 2 aromatic rings. The molecule has 0 bridgehead atoms. The molecule has 2 rings (SSSR count). The molecule has 14 heavy (non-hydrogen) atoms. The van der Waals surface area contributed by atoms with E-state index in [2.05, 4.69) is 9.97 Å². The van der Waals surface area contributed by atoms with Gasteiger partial charge in [0.05, 0.1) is 0 Å². The molecule has 1 atom stereocenters. The summed E-state index contributed by atoms with van der Waals surface area (Å²) in [6, 6.07) is 7.53. The van der Waals surface area contributed by atoms with Crippen molar-refractivity contribution in [2.45, 2.75) is 4.90 Å². The molecule has 1 unspecified atom stereocenters. The number of nitrogens with one attached hydrogen (secondary N) is 1. The fourth-order valence-electron chi connectivity index (χ4n) is 1.23. The molecule has 0 aliphatic carbocycles. The third kappa shape index (κ3) is 1.81. The van der Waals surface area contributed by atoms with Crippen LogP contribution in [-0.2, 0) is 11.2 Å². The van der Waals surface area contributed by atoms with E-state index in [4.69, 9.17) is 0 Å². The van der Waals surface area contributed by atoms with Crippen LogP contribution in [-0.4, -0.2) is 20.8 Å². The van der Waals surface area contributed by atoms with Crippen LogP contribution in [0.1, 0.15) is 0 Å². The van der Waals surface area contributed by atoms with Gasteiger partial charge in [-0.25, -0.2) is 4.98 Å². The van der Waals surface area contributed by atoms with Gasteiger partial charge in [-0.15, -0.1) is 0 Å². The van der Waals surface area contributed by atoms with E-state index in [1.807, 2.05) is 24.3 Å². The largest absolute Gasteiger partial charge is 0.612 e. The summed E-state index contributed by atoms with van der Waals surface area (Å²) >= 11 is -0.915. The quantitative estimate of drug-likeness (QED) is 0.762. The van der Waals surface area contributed by atoms with Gasteiger partial charge in [0.25, 0.3) is 0 Å². The van der Waals surface area contributed by atoms with Crippen LogP contribution in [0.4, 0.5) is 0 Å². The first-order valence-electron chi connectivity index (χ1n) is 4.20. The second-order valence-electron chi connectivity index (χ2n) is 2.92. The Bertz CT molecular complexity index is 395. The number of benzene rings is 1. The van der Waals surface area contributed by atoms with Gasteiger partial charge < -0.3 is 9.54 Å². The van der Waals surface area contributed by atoms with Crippen LogP contribution in [0.25, 0.3) is 11.4 Å². The fraction of sp³-hybridized carbons (Fsp3) is 0.100. The highest BCUT2D eigenvalue weighted by Gasteiger charge is 2.04. The van der Waals surface area contributed by atoms with E-state index in [-0.39, 0.29) is 0 Å². The molecule has 1 aromatic carbocycles. The third-order valence-electron chi connectivity index (χ3n) is 1.96. The Hall–Kier alpha value is -1.26. The minimum atomic E-state index is -0.915. The molecule has 0 saturated carbocycles. The topological polar surface area (TPSA) is 51.7 Å². The summed E-state index contributed by atoms with van der Waals surface area (Å²) in [6.07, 6.45) is 5.16. The normalized spacial score (nSPS) is 12.7. The zero-order valence-electron chi connectivity index (χ0n) is 7.73. The predicted molar refractivity (Wildman–Crippen MR) is 56.4 cm³/mol. The predicted octanol–water partition coefficient (Wildman–Crippen LogP) is 1.81. The molecule has 0 aliphatic rings. The van der Waals surface area contributed by atoms with Gasteiger partial charge in [0.1, 0.15) is 12.1 Å². The highest BCUT2D eigenvalue weighted by Crippen LogP contribution is 2.17. The van der Waals surface area contributed by atoms with Crippen LogP contribution in [0.3, 0.4) is 0 Å². The van der Waals surface area contributed by atoms with E-state index in [0.29, 0.717) is 0 Å². The summed E-state index contributed by atoms with van der Waals surface area (Å²) in [4.78, 5) is 7.98. The second-order valence-corrected chi connectivity index (χ2v) is 4.30. The van der Waals surface area contributed by atoms with Gasteiger partial charge in [-0.2, -0.15) is 0 Å². The lowest BCUT2D eigenvalue weighted by atomic mass is 10.2. The number of imidazole rings is 1. The molecular weight excluding hydrogens is 196 g/mol. The lowest BCUT2D eigenvalue weighted by Gasteiger charge is -2.03. The van der Waals surface area contributed by atoms with Crippen molar-refractivity contribution in [3.8, 4) is 11.4 Å². The summed E-state index contributed by atoms with van der Waals surface area (Å²) in [5, 5.41) is 0. The monoisotopic (exact) mass is 206 g/mol. The molecule has 0 fully saturated rings. The van der Waals surface area contributed by atoms with E-state index in [1.165, 1.54) is 0 Å². The number of nitrogens with zero attached hydrogens (tertiary/aromatic N) is 1. The molecule has 4 heteroatoms. The van der Waals surface area contributed by atoms with Crippen LogP contribution in [0.15, 0.2) is 41.6 Å². The SMILES string of the molecule is C[S+]([O-])c1ccc(-c2ncc[nH]2)cc1. The van der Waals surface area contributed by atoms with Crippen molar-refractivity contribution in [1.29, 1.82) is 0 Å². The summed E-state index contributed by atoms with van der Waals surface area (Å²) in [5.41, 5.74) is 1.00. The molecule has 0 radical (unpaired) electrons. The van der Waals surface area contributed by atoms with Crippen molar-refractivity contribution in [2.75, 3.05) is 6.26 Å².